The zero-order valence-corrected chi connectivity index (χ0v) is 21.3. The number of piperidine rings is 1. The van der Waals surface area contributed by atoms with Gasteiger partial charge in [0.15, 0.2) is 0 Å². The van der Waals surface area contributed by atoms with E-state index in [4.69, 9.17) is 5.11 Å². The van der Waals surface area contributed by atoms with E-state index in [-0.39, 0.29) is 37.2 Å². The summed E-state index contributed by atoms with van der Waals surface area (Å²) in [4.78, 5) is 40.7. The number of carbonyl (C=O) groups excluding carboxylic acids is 2. The van der Waals surface area contributed by atoms with Crippen molar-refractivity contribution in [3.05, 3.63) is 66.2 Å². The van der Waals surface area contributed by atoms with Crippen LogP contribution in [0.2, 0.25) is 0 Å². The predicted molar refractivity (Wildman–Crippen MR) is 142 cm³/mol. The number of carbonyl (C=O) groups is 3. The van der Waals surface area contributed by atoms with Crippen LogP contribution in [-0.4, -0.2) is 60.0 Å². The van der Waals surface area contributed by atoms with Gasteiger partial charge in [0, 0.05) is 50.7 Å². The van der Waals surface area contributed by atoms with Gasteiger partial charge in [0.05, 0.1) is 5.92 Å². The molecule has 2 aromatic carbocycles. The molecule has 1 fully saturated rings. The van der Waals surface area contributed by atoms with E-state index >= 15 is 0 Å². The van der Waals surface area contributed by atoms with E-state index in [2.05, 4.69) is 34.5 Å². The van der Waals surface area contributed by atoms with Crippen molar-refractivity contribution in [2.75, 3.05) is 31.1 Å². The molecular weight excluding hydrogens is 454 g/mol. The molecule has 36 heavy (non-hydrogen) atoms. The molecule has 0 saturated carbocycles. The summed E-state index contributed by atoms with van der Waals surface area (Å²) in [7, 11) is 0. The fourth-order valence-electron chi connectivity index (χ4n) is 4.69. The Labute approximate surface area is 214 Å². The van der Waals surface area contributed by atoms with Crippen LogP contribution < -0.4 is 10.2 Å². The Morgan fingerprint density at radius 3 is 2.28 bits per heavy atom. The van der Waals surface area contributed by atoms with Gasteiger partial charge in [-0.05, 0) is 49.8 Å². The van der Waals surface area contributed by atoms with Gasteiger partial charge in [-0.1, -0.05) is 55.5 Å². The Morgan fingerprint density at radius 2 is 1.64 bits per heavy atom. The monoisotopic (exact) mass is 493 g/mol. The van der Waals surface area contributed by atoms with E-state index in [0.717, 1.165) is 44.6 Å². The van der Waals surface area contributed by atoms with Crippen LogP contribution in [-0.2, 0) is 20.8 Å². The normalized spacial score (nSPS) is 15.2. The van der Waals surface area contributed by atoms with Crippen molar-refractivity contribution in [3.8, 4) is 0 Å². The molecule has 7 heteroatoms. The molecular formula is C29H39N3O4. The van der Waals surface area contributed by atoms with Crippen LogP contribution in [0.15, 0.2) is 60.7 Å². The van der Waals surface area contributed by atoms with Crippen LogP contribution in [0.3, 0.4) is 0 Å². The quantitative estimate of drug-likeness (QED) is 0.438. The number of nitrogens with zero attached hydrogens (tertiary/aromatic N) is 2. The van der Waals surface area contributed by atoms with Crippen LogP contribution in [0.1, 0.15) is 51.0 Å². The van der Waals surface area contributed by atoms with E-state index in [1.54, 1.807) is 6.92 Å². The van der Waals surface area contributed by atoms with Crippen molar-refractivity contribution in [2.24, 2.45) is 5.92 Å². The smallest absolute Gasteiger partial charge is 0.306 e. The molecule has 1 saturated heterocycles. The number of likely N-dealkylation sites (tertiary alicyclic amines) is 1. The summed E-state index contributed by atoms with van der Waals surface area (Å²) in [5.41, 5.74) is 2.25. The van der Waals surface area contributed by atoms with Gasteiger partial charge in [-0.2, -0.15) is 0 Å². The molecule has 1 unspecified atom stereocenters. The minimum atomic E-state index is -0.843. The molecule has 2 N–H and O–H groups in total. The fraction of sp³-hybridized carbons (Fsp3) is 0.483. The van der Waals surface area contributed by atoms with Crippen molar-refractivity contribution in [1.29, 1.82) is 0 Å². The van der Waals surface area contributed by atoms with E-state index < -0.39 is 11.9 Å². The molecule has 1 atom stereocenters. The Bertz CT molecular complexity index is 959. The molecule has 1 heterocycles. The van der Waals surface area contributed by atoms with Crippen molar-refractivity contribution in [3.63, 3.8) is 0 Å². The number of carboxylic acid groups (broad SMARTS) is 1. The van der Waals surface area contributed by atoms with E-state index in [1.165, 1.54) is 5.56 Å². The summed E-state index contributed by atoms with van der Waals surface area (Å²) < 4.78 is 0. The third-order valence-corrected chi connectivity index (χ3v) is 6.91. The van der Waals surface area contributed by atoms with E-state index in [1.807, 2.05) is 41.3 Å². The molecule has 2 amide bonds. The SMILES string of the molecule is CC(CCCC(=O)NCCC(=O)N(c1ccccc1)C1CCN(CCc2ccccc2)CC1)C(=O)O. The minimum absolute atomic E-state index is 0.0173. The first-order valence-electron chi connectivity index (χ1n) is 13.1. The Balaban J connectivity index is 1.47. The highest BCUT2D eigenvalue weighted by Crippen LogP contribution is 2.24. The number of nitrogens with one attached hydrogen (secondary N) is 1. The van der Waals surface area contributed by atoms with Crippen molar-refractivity contribution < 1.29 is 19.5 Å². The largest absolute Gasteiger partial charge is 0.481 e. The highest BCUT2D eigenvalue weighted by atomic mass is 16.4. The lowest BCUT2D eigenvalue weighted by Gasteiger charge is -2.38. The number of aliphatic carboxylic acids is 1. The number of hydrogen-bond donors (Lipinski definition) is 2. The van der Waals surface area contributed by atoms with Gasteiger partial charge >= 0.3 is 5.97 Å². The zero-order valence-electron chi connectivity index (χ0n) is 21.3. The number of carboxylic acids is 1. The highest BCUT2D eigenvalue weighted by Gasteiger charge is 2.28. The van der Waals surface area contributed by atoms with Crippen LogP contribution in [0.25, 0.3) is 0 Å². The molecule has 1 aliphatic heterocycles. The third-order valence-electron chi connectivity index (χ3n) is 6.91. The molecule has 1 aliphatic rings. The van der Waals surface area contributed by atoms with Crippen molar-refractivity contribution in [1.82, 2.24) is 10.2 Å². The molecule has 0 radical (unpaired) electrons. The lowest BCUT2D eigenvalue weighted by atomic mass is 10.0. The summed E-state index contributed by atoms with van der Waals surface area (Å²) in [5, 5.41) is 11.8. The predicted octanol–water partition coefficient (Wildman–Crippen LogP) is 4.12. The van der Waals surface area contributed by atoms with E-state index in [9.17, 15) is 14.4 Å². The molecule has 3 rings (SSSR count). The molecule has 0 aliphatic carbocycles. The first kappa shape index (κ1) is 27.4. The van der Waals surface area contributed by atoms with Gasteiger partial charge in [0.2, 0.25) is 11.8 Å². The second-order valence-electron chi connectivity index (χ2n) is 9.64. The summed E-state index contributed by atoms with van der Waals surface area (Å²) >= 11 is 0. The fourth-order valence-corrected chi connectivity index (χ4v) is 4.69. The zero-order chi connectivity index (χ0) is 25.8. The molecule has 0 bridgehead atoms. The summed E-state index contributed by atoms with van der Waals surface area (Å²) in [6.07, 6.45) is 4.37. The molecule has 0 aromatic heterocycles. The Hall–Kier alpha value is -3.19. The average molecular weight is 494 g/mol. The van der Waals surface area contributed by atoms with Crippen LogP contribution in [0, 0.1) is 5.92 Å². The average Bonchev–Trinajstić information content (AvgIpc) is 2.89. The van der Waals surface area contributed by atoms with Crippen LogP contribution in [0.5, 0.6) is 0 Å². The van der Waals surface area contributed by atoms with Crippen LogP contribution in [0.4, 0.5) is 5.69 Å². The van der Waals surface area contributed by atoms with Crippen molar-refractivity contribution >= 4 is 23.5 Å². The molecule has 7 nitrogen and oxygen atoms in total. The maximum Gasteiger partial charge on any atom is 0.306 e. The second kappa shape index (κ2) is 14.4. The van der Waals surface area contributed by atoms with Gasteiger partial charge in [-0.15, -0.1) is 0 Å². The lowest BCUT2D eigenvalue weighted by Crippen LogP contribution is -2.48. The summed E-state index contributed by atoms with van der Waals surface area (Å²) in [6, 6.07) is 20.5. The maximum absolute atomic E-state index is 13.3. The number of amides is 2. The van der Waals surface area contributed by atoms with Gasteiger partial charge < -0.3 is 20.2 Å². The van der Waals surface area contributed by atoms with E-state index in [0.29, 0.717) is 12.8 Å². The Morgan fingerprint density at radius 1 is 1.00 bits per heavy atom. The Kier molecular flexibility index (Phi) is 11.0. The molecule has 2 aromatic rings. The summed E-state index contributed by atoms with van der Waals surface area (Å²) in [6.45, 7) is 4.86. The maximum atomic E-state index is 13.3. The third kappa shape index (κ3) is 8.79. The second-order valence-corrected chi connectivity index (χ2v) is 9.64. The summed E-state index contributed by atoms with van der Waals surface area (Å²) in [5.74, 6) is -1.42. The van der Waals surface area contributed by atoms with Crippen LogP contribution >= 0.6 is 0 Å². The molecule has 0 spiro atoms. The minimum Gasteiger partial charge on any atom is -0.481 e. The number of hydrogen-bond acceptors (Lipinski definition) is 4. The van der Waals surface area contributed by atoms with Gasteiger partial charge in [0.1, 0.15) is 0 Å². The topological polar surface area (TPSA) is 90.0 Å². The van der Waals surface area contributed by atoms with Gasteiger partial charge in [-0.25, -0.2) is 0 Å². The van der Waals surface area contributed by atoms with Gasteiger partial charge in [-0.3, -0.25) is 14.4 Å². The first-order chi connectivity index (χ1) is 17.4. The number of benzene rings is 2. The number of para-hydroxylation sites is 1. The highest BCUT2D eigenvalue weighted by molar-refractivity contribution is 5.94. The number of anilines is 1. The van der Waals surface area contributed by atoms with Crippen molar-refractivity contribution in [2.45, 2.75) is 57.9 Å². The number of rotatable bonds is 13. The lowest BCUT2D eigenvalue weighted by molar-refractivity contribution is -0.141. The standard InChI is InChI=1S/C29H39N3O4/c1-23(29(35)36)9-8-14-27(33)30-19-15-28(34)32(25-12-6-3-7-13-25)26-17-21-31(22-18-26)20-16-24-10-4-2-5-11-24/h2-7,10-13,23,26H,8-9,14-22H2,1H3,(H,30,33)(H,35,36). The van der Waals surface area contributed by atoms with Gasteiger partial charge in [0.25, 0.3) is 0 Å². The first-order valence-corrected chi connectivity index (χ1v) is 13.1. The molecule has 194 valence electrons.